The van der Waals surface area contributed by atoms with Crippen LogP contribution in [0.15, 0.2) is 48.5 Å². The Hall–Kier alpha value is -2.78. The Morgan fingerprint density at radius 1 is 0.829 bits per heavy atom. The van der Waals surface area contributed by atoms with Gasteiger partial charge in [-0.3, -0.25) is 4.79 Å². The quantitative estimate of drug-likeness (QED) is 0.163. The highest BCUT2D eigenvalue weighted by Crippen LogP contribution is 2.29. The van der Waals surface area contributed by atoms with Gasteiger partial charge in [0.05, 0.1) is 18.7 Å². The summed E-state index contributed by atoms with van der Waals surface area (Å²) in [5.41, 5.74) is 1.74. The predicted octanol–water partition coefficient (Wildman–Crippen LogP) is 8.07. The van der Waals surface area contributed by atoms with Crippen LogP contribution in [0.5, 0.6) is 0 Å². The first-order valence-electron chi connectivity index (χ1n) is 12.5. The monoisotopic (exact) mass is 487 g/mol. The van der Waals surface area contributed by atoms with Crippen LogP contribution in [0.4, 0.5) is 13.2 Å². The lowest BCUT2D eigenvalue weighted by Gasteiger charge is -2.21. The van der Waals surface area contributed by atoms with Crippen molar-refractivity contribution < 1.29 is 22.8 Å². The largest absolute Gasteiger partial charge is 0.416 e. The molecular formula is C29H36F3NO2. The van der Waals surface area contributed by atoms with Gasteiger partial charge in [0, 0.05) is 18.9 Å². The zero-order chi connectivity index (χ0) is 25.5. The smallest absolute Gasteiger partial charge is 0.368 e. The van der Waals surface area contributed by atoms with Crippen LogP contribution in [0.1, 0.15) is 93.9 Å². The molecule has 0 atom stereocenters. The third kappa shape index (κ3) is 12.0. The number of hydroxylamine groups is 2. The minimum atomic E-state index is -4.38. The van der Waals surface area contributed by atoms with Gasteiger partial charge in [0.15, 0.2) is 0 Å². The van der Waals surface area contributed by atoms with Gasteiger partial charge in [-0.2, -0.15) is 13.2 Å². The van der Waals surface area contributed by atoms with Gasteiger partial charge in [0.1, 0.15) is 0 Å². The third-order valence-corrected chi connectivity index (χ3v) is 5.60. The molecule has 3 nitrogen and oxygen atoms in total. The van der Waals surface area contributed by atoms with Crippen molar-refractivity contribution >= 4 is 5.97 Å². The molecule has 0 saturated heterocycles. The molecule has 0 fully saturated rings. The molecule has 0 radical (unpaired) electrons. The highest BCUT2D eigenvalue weighted by molar-refractivity contribution is 5.65. The number of hydrogen-bond acceptors (Lipinski definition) is 3. The summed E-state index contributed by atoms with van der Waals surface area (Å²) in [6, 6.07) is 12.5. The summed E-state index contributed by atoms with van der Waals surface area (Å²) in [5, 5.41) is 1.44. The molecule has 0 aromatic heterocycles. The van der Waals surface area contributed by atoms with Crippen molar-refractivity contribution in [3.63, 3.8) is 0 Å². The topological polar surface area (TPSA) is 29.5 Å². The molecule has 2 rings (SSSR count). The Kier molecular flexibility index (Phi) is 12.4. The fraction of sp³-hybridized carbons (Fsp3) is 0.483. The van der Waals surface area contributed by atoms with Gasteiger partial charge in [-0.15, -0.1) is 5.06 Å². The Bertz CT molecular complexity index is 941. The van der Waals surface area contributed by atoms with Gasteiger partial charge in [0.25, 0.3) is 0 Å². The second-order valence-corrected chi connectivity index (χ2v) is 8.80. The average molecular weight is 488 g/mol. The maximum absolute atomic E-state index is 12.8. The predicted molar refractivity (Wildman–Crippen MR) is 133 cm³/mol. The Labute approximate surface area is 207 Å². The Morgan fingerprint density at radius 3 is 1.86 bits per heavy atom. The maximum atomic E-state index is 12.8. The summed E-state index contributed by atoms with van der Waals surface area (Å²) in [6.07, 6.45) is 6.77. The highest BCUT2D eigenvalue weighted by atomic mass is 19.4. The van der Waals surface area contributed by atoms with Crippen molar-refractivity contribution in [2.75, 3.05) is 0 Å². The molecule has 0 N–H and O–H groups in total. The van der Waals surface area contributed by atoms with E-state index < -0.39 is 17.7 Å². The zero-order valence-electron chi connectivity index (χ0n) is 20.8. The highest BCUT2D eigenvalue weighted by Gasteiger charge is 2.30. The number of unbranched alkanes of at least 4 members (excludes halogenated alkanes) is 8. The van der Waals surface area contributed by atoms with Gasteiger partial charge >= 0.3 is 12.1 Å². The number of alkyl halides is 3. The molecule has 0 heterocycles. The van der Waals surface area contributed by atoms with E-state index in [9.17, 15) is 18.0 Å². The molecule has 2 aromatic carbocycles. The summed E-state index contributed by atoms with van der Waals surface area (Å²) in [6.45, 7) is 4.02. The number of nitrogens with zero attached hydrogens (tertiary/aromatic N) is 1. The lowest BCUT2D eigenvalue weighted by atomic mass is 10.1. The van der Waals surface area contributed by atoms with Crippen molar-refractivity contribution in [1.29, 1.82) is 0 Å². The third-order valence-electron chi connectivity index (χ3n) is 5.60. The average Bonchev–Trinajstić information content (AvgIpc) is 2.80. The number of benzene rings is 2. The molecule has 0 spiro atoms. The van der Waals surface area contributed by atoms with Gasteiger partial charge in [0.2, 0.25) is 0 Å². The fourth-order valence-corrected chi connectivity index (χ4v) is 3.71. The molecule has 190 valence electrons. The van der Waals surface area contributed by atoms with Crippen LogP contribution >= 0.6 is 0 Å². The zero-order valence-corrected chi connectivity index (χ0v) is 20.8. The van der Waals surface area contributed by atoms with Gasteiger partial charge in [-0.25, -0.2) is 0 Å². The van der Waals surface area contributed by atoms with E-state index in [2.05, 4.69) is 18.8 Å². The van der Waals surface area contributed by atoms with Crippen LogP contribution in [-0.2, 0) is 28.9 Å². The molecule has 0 aliphatic heterocycles. The van der Waals surface area contributed by atoms with Gasteiger partial charge < -0.3 is 4.84 Å². The molecule has 0 bridgehead atoms. The second-order valence-electron chi connectivity index (χ2n) is 8.80. The molecule has 0 unspecified atom stereocenters. The molecule has 0 aliphatic rings. The van der Waals surface area contributed by atoms with Crippen LogP contribution in [-0.4, -0.2) is 11.0 Å². The van der Waals surface area contributed by atoms with E-state index in [0.717, 1.165) is 36.1 Å². The summed E-state index contributed by atoms with van der Waals surface area (Å²) in [5.74, 6) is 5.94. The number of halogens is 3. The first-order valence-corrected chi connectivity index (χ1v) is 12.5. The van der Waals surface area contributed by atoms with Crippen LogP contribution in [0.2, 0.25) is 0 Å². The Balaban J connectivity index is 1.82. The summed E-state index contributed by atoms with van der Waals surface area (Å²) >= 11 is 0. The van der Waals surface area contributed by atoms with E-state index in [1.54, 1.807) is 0 Å². The maximum Gasteiger partial charge on any atom is 0.416 e. The van der Waals surface area contributed by atoms with Gasteiger partial charge in [-0.05, 0) is 41.8 Å². The summed E-state index contributed by atoms with van der Waals surface area (Å²) in [4.78, 5) is 16.8. The molecule has 2 aromatic rings. The van der Waals surface area contributed by atoms with E-state index in [1.165, 1.54) is 69.1 Å². The number of rotatable bonds is 13. The van der Waals surface area contributed by atoms with Crippen molar-refractivity contribution in [2.45, 2.75) is 90.9 Å². The van der Waals surface area contributed by atoms with Crippen LogP contribution in [0.3, 0.4) is 0 Å². The number of hydrogen-bond donors (Lipinski definition) is 0. The van der Waals surface area contributed by atoms with E-state index in [4.69, 9.17) is 4.84 Å². The first kappa shape index (κ1) is 28.5. The van der Waals surface area contributed by atoms with Crippen LogP contribution in [0.25, 0.3) is 0 Å². The standard InChI is InChI=1S/C29H36F3NO2/c1-3-4-5-6-7-8-9-10-11-12-13-25-14-16-26(17-15-25)22-33(35-24(2)34)23-27-18-20-28(21-19-27)29(30,31)32/h14-21H,3-11,22-23H2,1-2H3. The second kappa shape index (κ2) is 15.3. The van der Waals surface area contributed by atoms with E-state index >= 15 is 0 Å². The molecule has 0 aliphatic carbocycles. The molecule has 0 saturated carbocycles. The van der Waals surface area contributed by atoms with Crippen LogP contribution in [0, 0.1) is 11.8 Å². The van der Waals surface area contributed by atoms with Crippen molar-refractivity contribution in [3.05, 3.63) is 70.8 Å². The molecule has 35 heavy (non-hydrogen) atoms. The van der Waals surface area contributed by atoms with Crippen molar-refractivity contribution in [2.24, 2.45) is 0 Å². The summed E-state index contributed by atoms with van der Waals surface area (Å²) in [7, 11) is 0. The van der Waals surface area contributed by atoms with Gasteiger partial charge in [-0.1, -0.05) is 88.0 Å². The number of carbonyl (C=O) groups excluding carboxylic acids is 1. The van der Waals surface area contributed by atoms with E-state index in [0.29, 0.717) is 12.1 Å². The Morgan fingerprint density at radius 2 is 1.34 bits per heavy atom. The molecule has 6 heteroatoms. The fourth-order valence-electron chi connectivity index (χ4n) is 3.71. The van der Waals surface area contributed by atoms with E-state index in [1.807, 2.05) is 24.3 Å². The molecule has 0 amide bonds. The lowest BCUT2D eigenvalue weighted by Crippen LogP contribution is -2.25. The lowest BCUT2D eigenvalue weighted by molar-refractivity contribution is -0.194. The minimum absolute atomic E-state index is 0.178. The van der Waals surface area contributed by atoms with E-state index in [-0.39, 0.29) is 6.54 Å². The first-order chi connectivity index (χ1) is 16.8. The number of carbonyl (C=O) groups is 1. The van der Waals surface area contributed by atoms with Crippen molar-refractivity contribution in [3.8, 4) is 11.8 Å². The minimum Gasteiger partial charge on any atom is -0.368 e. The van der Waals surface area contributed by atoms with Crippen molar-refractivity contribution in [1.82, 2.24) is 5.06 Å². The summed E-state index contributed by atoms with van der Waals surface area (Å²) < 4.78 is 38.3. The molecular weight excluding hydrogens is 451 g/mol. The normalized spacial score (nSPS) is 11.3. The SMILES string of the molecule is CCCCCCCCCCC#Cc1ccc(CN(Cc2ccc(C(F)(F)F)cc2)OC(C)=O)cc1. The van der Waals surface area contributed by atoms with Crippen LogP contribution < -0.4 is 0 Å².